The van der Waals surface area contributed by atoms with Gasteiger partial charge in [-0.1, -0.05) is 23.2 Å². The summed E-state index contributed by atoms with van der Waals surface area (Å²) in [6, 6.07) is 7.27. The molecule has 2 aromatic heterocycles. The first-order chi connectivity index (χ1) is 9.06. The summed E-state index contributed by atoms with van der Waals surface area (Å²) in [5, 5.41) is 9.35. The van der Waals surface area contributed by atoms with Gasteiger partial charge in [-0.2, -0.15) is 0 Å². The quantitative estimate of drug-likeness (QED) is 0.614. The Kier molecular flexibility index (Phi) is 3.20. The minimum atomic E-state index is 0.404. The molecule has 0 unspecified atom stereocenters. The van der Waals surface area contributed by atoms with Crippen LogP contribution in [0.2, 0.25) is 10.2 Å². The molecule has 0 aliphatic rings. The summed E-state index contributed by atoms with van der Waals surface area (Å²) >= 11 is 15.3. The molecule has 0 saturated carbocycles. The molecule has 0 spiro atoms. The Bertz CT molecular complexity index is 785. The van der Waals surface area contributed by atoms with E-state index in [0.717, 1.165) is 15.9 Å². The summed E-state index contributed by atoms with van der Waals surface area (Å²) in [7, 11) is 0. The van der Waals surface area contributed by atoms with Crippen LogP contribution in [-0.4, -0.2) is 19.6 Å². The highest BCUT2D eigenvalue weighted by Gasteiger charge is 2.12. The van der Waals surface area contributed by atoms with Crippen LogP contribution in [0.3, 0.4) is 0 Å². The van der Waals surface area contributed by atoms with E-state index in [9.17, 15) is 0 Å². The van der Waals surface area contributed by atoms with Crippen molar-refractivity contribution in [2.75, 3.05) is 0 Å². The smallest absolute Gasteiger partial charge is 0.169 e. The van der Waals surface area contributed by atoms with Crippen LogP contribution < -0.4 is 0 Å². The van der Waals surface area contributed by atoms with Gasteiger partial charge in [-0.05, 0) is 41.1 Å². The van der Waals surface area contributed by atoms with Crippen molar-refractivity contribution in [3.05, 3.63) is 44.7 Å². The Balaban J connectivity index is 2.28. The van der Waals surface area contributed by atoms with Crippen molar-refractivity contribution in [2.24, 2.45) is 0 Å². The zero-order chi connectivity index (χ0) is 13.6. The molecule has 4 nitrogen and oxygen atoms in total. The maximum Gasteiger partial charge on any atom is 0.169 e. The molecule has 0 bridgehead atoms. The fourth-order valence-corrected chi connectivity index (χ4v) is 2.59. The highest BCUT2D eigenvalue weighted by molar-refractivity contribution is 9.10. The van der Waals surface area contributed by atoms with E-state index in [1.807, 2.05) is 23.5 Å². The van der Waals surface area contributed by atoms with Gasteiger partial charge in [0.1, 0.15) is 11.0 Å². The number of nitrogens with zero attached hydrogens (tertiary/aromatic N) is 4. The van der Waals surface area contributed by atoms with Crippen LogP contribution >= 0.6 is 39.1 Å². The molecule has 3 rings (SSSR count). The number of hydrogen-bond acceptors (Lipinski definition) is 3. The monoisotopic (exact) mass is 356 g/mol. The SMILES string of the molecule is Cc1nc(Cl)cc2nnc(-c3ccc(Cl)c(Br)c3)n12. The number of halogens is 3. The van der Waals surface area contributed by atoms with Crippen molar-refractivity contribution in [3.63, 3.8) is 0 Å². The molecule has 0 aliphatic carbocycles. The molecular formula is C12H7BrCl2N4. The molecule has 0 saturated heterocycles. The fourth-order valence-electron chi connectivity index (χ4n) is 1.87. The lowest BCUT2D eigenvalue weighted by Crippen LogP contribution is -1.98. The lowest BCUT2D eigenvalue weighted by Gasteiger charge is -2.04. The second-order valence-corrected chi connectivity index (χ2v) is 5.62. The van der Waals surface area contributed by atoms with E-state index in [2.05, 4.69) is 31.1 Å². The van der Waals surface area contributed by atoms with Gasteiger partial charge in [-0.25, -0.2) is 4.98 Å². The normalized spacial score (nSPS) is 11.2. The van der Waals surface area contributed by atoms with Crippen LogP contribution in [0.25, 0.3) is 17.0 Å². The summed E-state index contributed by atoms with van der Waals surface area (Å²) in [5.74, 6) is 1.43. The lowest BCUT2D eigenvalue weighted by atomic mass is 10.2. The van der Waals surface area contributed by atoms with Crippen molar-refractivity contribution in [3.8, 4) is 11.4 Å². The zero-order valence-electron chi connectivity index (χ0n) is 9.73. The molecule has 3 aromatic rings. The average molecular weight is 358 g/mol. The predicted molar refractivity (Wildman–Crippen MR) is 78.7 cm³/mol. The number of rotatable bonds is 1. The number of hydrogen-bond donors (Lipinski definition) is 0. The lowest BCUT2D eigenvalue weighted by molar-refractivity contribution is 0.988. The number of aryl methyl sites for hydroxylation is 1. The first kappa shape index (κ1) is 12.8. The number of fused-ring (bicyclic) bond motifs is 1. The van der Waals surface area contributed by atoms with E-state index in [-0.39, 0.29) is 0 Å². The van der Waals surface area contributed by atoms with Gasteiger partial charge in [0.25, 0.3) is 0 Å². The molecular weight excluding hydrogens is 351 g/mol. The van der Waals surface area contributed by atoms with Gasteiger partial charge in [0.15, 0.2) is 11.5 Å². The predicted octanol–water partition coefficient (Wildman–Crippen LogP) is 4.17. The molecule has 1 aromatic carbocycles. The fraction of sp³-hybridized carbons (Fsp3) is 0.0833. The second kappa shape index (κ2) is 4.74. The highest BCUT2D eigenvalue weighted by Crippen LogP contribution is 2.28. The summed E-state index contributed by atoms with van der Waals surface area (Å²) in [5.41, 5.74) is 1.56. The van der Waals surface area contributed by atoms with Crippen molar-refractivity contribution < 1.29 is 0 Å². The van der Waals surface area contributed by atoms with E-state index in [1.165, 1.54) is 0 Å². The van der Waals surface area contributed by atoms with Crippen LogP contribution in [0.15, 0.2) is 28.7 Å². The summed E-state index contributed by atoms with van der Waals surface area (Å²) in [4.78, 5) is 4.21. The van der Waals surface area contributed by atoms with Gasteiger partial charge >= 0.3 is 0 Å². The molecule has 7 heteroatoms. The van der Waals surface area contributed by atoms with Crippen molar-refractivity contribution >= 4 is 44.8 Å². The van der Waals surface area contributed by atoms with E-state index in [1.54, 1.807) is 12.1 Å². The minimum absolute atomic E-state index is 0.404. The van der Waals surface area contributed by atoms with E-state index in [0.29, 0.717) is 21.6 Å². The van der Waals surface area contributed by atoms with Crippen LogP contribution in [0.5, 0.6) is 0 Å². The van der Waals surface area contributed by atoms with Crippen LogP contribution in [0, 0.1) is 6.92 Å². The van der Waals surface area contributed by atoms with Crippen molar-refractivity contribution in [1.29, 1.82) is 0 Å². The molecule has 96 valence electrons. The molecule has 0 aliphatic heterocycles. The third-order valence-corrected chi connectivity index (χ3v) is 4.11. The average Bonchev–Trinajstić information content (AvgIpc) is 2.76. The van der Waals surface area contributed by atoms with Crippen LogP contribution in [-0.2, 0) is 0 Å². The molecule has 2 heterocycles. The number of aromatic nitrogens is 4. The topological polar surface area (TPSA) is 43.1 Å². The minimum Gasteiger partial charge on any atom is -0.263 e. The summed E-state index contributed by atoms with van der Waals surface area (Å²) in [6.45, 7) is 1.86. The van der Waals surface area contributed by atoms with Crippen LogP contribution in [0.1, 0.15) is 5.82 Å². The maximum absolute atomic E-state index is 5.99. The van der Waals surface area contributed by atoms with E-state index in [4.69, 9.17) is 23.2 Å². The zero-order valence-corrected chi connectivity index (χ0v) is 12.8. The van der Waals surface area contributed by atoms with Gasteiger partial charge in [0.05, 0.1) is 5.02 Å². The first-order valence-electron chi connectivity index (χ1n) is 5.40. The molecule has 19 heavy (non-hydrogen) atoms. The Morgan fingerprint density at radius 3 is 2.68 bits per heavy atom. The molecule has 0 atom stereocenters. The Labute approximate surface area is 127 Å². The Hall–Kier alpha value is -1.17. The van der Waals surface area contributed by atoms with E-state index < -0.39 is 0 Å². The Morgan fingerprint density at radius 2 is 1.95 bits per heavy atom. The largest absolute Gasteiger partial charge is 0.263 e. The summed E-state index contributed by atoms with van der Waals surface area (Å²) in [6.07, 6.45) is 0. The van der Waals surface area contributed by atoms with Crippen molar-refractivity contribution in [2.45, 2.75) is 6.92 Å². The number of benzene rings is 1. The Morgan fingerprint density at radius 1 is 1.16 bits per heavy atom. The van der Waals surface area contributed by atoms with Gasteiger partial charge in [-0.3, -0.25) is 4.40 Å². The van der Waals surface area contributed by atoms with Crippen molar-refractivity contribution in [1.82, 2.24) is 19.6 Å². The second-order valence-electron chi connectivity index (χ2n) is 3.97. The van der Waals surface area contributed by atoms with E-state index >= 15 is 0 Å². The third kappa shape index (κ3) is 2.22. The molecule has 0 N–H and O–H groups in total. The van der Waals surface area contributed by atoms with Gasteiger partial charge in [-0.15, -0.1) is 10.2 Å². The molecule has 0 fully saturated rings. The van der Waals surface area contributed by atoms with Gasteiger partial charge < -0.3 is 0 Å². The first-order valence-corrected chi connectivity index (χ1v) is 6.95. The standard InChI is InChI=1S/C12H7BrCl2N4/c1-6-16-10(15)5-11-17-18-12(19(6)11)7-2-3-9(14)8(13)4-7/h2-5H,1H3. The maximum atomic E-state index is 5.99. The highest BCUT2D eigenvalue weighted by atomic mass is 79.9. The molecule has 0 amide bonds. The van der Waals surface area contributed by atoms with Gasteiger partial charge in [0, 0.05) is 16.1 Å². The van der Waals surface area contributed by atoms with Gasteiger partial charge in [0.2, 0.25) is 0 Å². The molecule has 0 radical (unpaired) electrons. The third-order valence-electron chi connectivity index (χ3n) is 2.71. The summed E-state index contributed by atoms with van der Waals surface area (Å²) < 4.78 is 2.66. The van der Waals surface area contributed by atoms with Crippen LogP contribution in [0.4, 0.5) is 0 Å².